The second-order valence-electron chi connectivity index (χ2n) is 8.69. The van der Waals surface area contributed by atoms with Gasteiger partial charge in [-0.15, -0.1) is 0 Å². The van der Waals surface area contributed by atoms with Crippen molar-refractivity contribution in [3.63, 3.8) is 0 Å². The summed E-state index contributed by atoms with van der Waals surface area (Å²) in [6.07, 6.45) is -4.47. The summed E-state index contributed by atoms with van der Waals surface area (Å²) in [6.45, 7) is 3.38. The molecule has 0 bridgehead atoms. The third-order valence-electron chi connectivity index (χ3n) is 6.31. The van der Waals surface area contributed by atoms with E-state index < -0.39 is 29.9 Å². The summed E-state index contributed by atoms with van der Waals surface area (Å²) < 4.78 is 44.3. The smallest absolute Gasteiger partial charge is 0.416 e. The van der Waals surface area contributed by atoms with Gasteiger partial charge in [0.2, 0.25) is 5.91 Å². The summed E-state index contributed by atoms with van der Waals surface area (Å²) in [5.41, 5.74) is 1.54. The molecule has 0 unspecified atom stereocenters. The van der Waals surface area contributed by atoms with Gasteiger partial charge in [-0.25, -0.2) is 4.79 Å². The van der Waals surface area contributed by atoms with Crippen LogP contribution in [0.25, 0.3) is 0 Å². The fourth-order valence-electron chi connectivity index (χ4n) is 4.67. The van der Waals surface area contributed by atoms with Gasteiger partial charge in [0.1, 0.15) is 5.75 Å². The van der Waals surface area contributed by atoms with Crippen LogP contribution in [0.3, 0.4) is 0 Å². The average Bonchev–Trinajstić information content (AvgIpc) is 2.85. The van der Waals surface area contributed by atoms with Crippen LogP contribution in [0.2, 0.25) is 0 Å². The topological polar surface area (TPSA) is 70.7 Å². The van der Waals surface area contributed by atoms with Gasteiger partial charge in [-0.2, -0.15) is 13.2 Å². The Morgan fingerprint density at radius 1 is 0.972 bits per heavy atom. The molecule has 36 heavy (non-hydrogen) atoms. The minimum absolute atomic E-state index is 0.213. The number of amides is 3. The first kappa shape index (κ1) is 25.1. The molecule has 3 aromatic carbocycles. The summed E-state index contributed by atoms with van der Waals surface area (Å²) in [7, 11) is 1.53. The molecule has 188 valence electrons. The summed E-state index contributed by atoms with van der Waals surface area (Å²) in [6, 6.07) is 17.6. The number of hydrogen-bond donors (Lipinski definition) is 2. The van der Waals surface area contributed by atoms with Crippen LogP contribution < -0.4 is 20.3 Å². The maximum Gasteiger partial charge on any atom is 0.416 e. The molecule has 3 atom stereocenters. The highest BCUT2D eigenvalue weighted by Crippen LogP contribution is 2.48. The van der Waals surface area contributed by atoms with E-state index in [2.05, 4.69) is 10.6 Å². The third kappa shape index (κ3) is 5.00. The molecule has 1 aliphatic heterocycles. The summed E-state index contributed by atoms with van der Waals surface area (Å²) in [4.78, 5) is 27.4. The number of hydrogen-bond acceptors (Lipinski definition) is 3. The monoisotopic (exact) mass is 497 g/mol. The quantitative estimate of drug-likeness (QED) is 0.443. The van der Waals surface area contributed by atoms with Gasteiger partial charge in [-0.3, -0.25) is 9.69 Å². The zero-order chi connectivity index (χ0) is 26.0. The van der Waals surface area contributed by atoms with Gasteiger partial charge in [-0.05, 0) is 48.0 Å². The van der Waals surface area contributed by atoms with E-state index in [1.54, 1.807) is 23.1 Å². The van der Waals surface area contributed by atoms with Crippen LogP contribution in [0.4, 0.5) is 29.3 Å². The Bertz CT molecular complexity index is 1250. The fourth-order valence-corrected chi connectivity index (χ4v) is 4.67. The van der Waals surface area contributed by atoms with Gasteiger partial charge in [0, 0.05) is 24.1 Å². The first-order valence-electron chi connectivity index (χ1n) is 11.4. The van der Waals surface area contributed by atoms with Crippen LogP contribution in [0, 0.1) is 5.92 Å². The van der Waals surface area contributed by atoms with Crippen molar-refractivity contribution in [3.8, 4) is 5.75 Å². The number of benzene rings is 3. The zero-order valence-electron chi connectivity index (χ0n) is 20.0. The van der Waals surface area contributed by atoms with E-state index in [0.29, 0.717) is 17.0 Å². The van der Waals surface area contributed by atoms with Crippen molar-refractivity contribution in [1.82, 2.24) is 5.32 Å². The van der Waals surface area contributed by atoms with E-state index in [1.807, 2.05) is 37.3 Å². The molecule has 0 spiro atoms. The second-order valence-corrected chi connectivity index (χ2v) is 8.69. The maximum atomic E-state index is 13.7. The molecule has 0 fully saturated rings. The lowest BCUT2D eigenvalue weighted by Crippen LogP contribution is -2.49. The van der Waals surface area contributed by atoms with E-state index >= 15 is 0 Å². The lowest BCUT2D eigenvalue weighted by atomic mass is 9.79. The first-order chi connectivity index (χ1) is 17.1. The van der Waals surface area contributed by atoms with Crippen molar-refractivity contribution in [1.29, 1.82) is 0 Å². The van der Waals surface area contributed by atoms with Crippen LogP contribution >= 0.6 is 0 Å². The Kier molecular flexibility index (Phi) is 6.92. The van der Waals surface area contributed by atoms with Crippen LogP contribution in [-0.2, 0) is 11.0 Å². The number of halogens is 3. The van der Waals surface area contributed by atoms with Gasteiger partial charge < -0.3 is 15.4 Å². The van der Waals surface area contributed by atoms with Crippen molar-refractivity contribution in [2.75, 3.05) is 17.3 Å². The molecule has 1 heterocycles. The normalized spacial score (nSPS) is 19.3. The molecule has 2 N–H and O–H groups in total. The van der Waals surface area contributed by atoms with Crippen LogP contribution in [0.5, 0.6) is 5.75 Å². The summed E-state index contributed by atoms with van der Waals surface area (Å²) in [5, 5.41) is 5.75. The van der Waals surface area contributed by atoms with Gasteiger partial charge in [0.25, 0.3) is 0 Å². The van der Waals surface area contributed by atoms with Crippen LogP contribution in [-0.4, -0.2) is 19.0 Å². The molecule has 6 nitrogen and oxygen atoms in total. The minimum atomic E-state index is -4.47. The Balaban J connectivity index is 1.79. The Morgan fingerprint density at radius 2 is 1.64 bits per heavy atom. The molecule has 0 saturated carbocycles. The number of rotatable bonds is 4. The highest BCUT2D eigenvalue weighted by atomic mass is 19.4. The van der Waals surface area contributed by atoms with E-state index in [4.69, 9.17) is 4.74 Å². The fraction of sp³-hybridized carbons (Fsp3) is 0.259. The van der Waals surface area contributed by atoms with Crippen molar-refractivity contribution in [2.24, 2.45) is 5.92 Å². The minimum Gasteiger partial charge on any atom is -0.497 e. The first-order valence-corrected chi connectivity index (χ1v) is 11.4. The molecular weight excluding hydrogens is 471 g/mol. The SMILES string of the molecule is COc1ccc2c(c1)[C@@H](NC(C)=O)[C@H](C)[C@@H](c1ccccc1)N2C(=O)Nc1ccc(C(F)(F)F)cc1. The number of anilines is 2. The van der Waals surface area contributed by atoms with Gasteiger partial charge >= 0.3 is 12.2 Å². The number of urea groups is 1. The lowest BCUT2D eigenvalue weighted by Gasteiger charge is -2.45. The number of fused-ring (bicyclic) bond motifs is 1. The molecule has 0 radical (unpaired) electrons. The van der Waals surface area contributed by atoms with Gasteiger partial charge in [-0.1, -0.05) is 37.3 Å². The molecule has 3 amide bonds. The Morgan fingerprint density at radius 3 is 2.22 bits per heavy atom. The number of carbonyl (C=O) groups excluding carboxylic acids is 2. The van der Waals surface area contributed by atoms with Crippen molar-refractivity contribution in [2.45, 2.75) is 32.1 Å². The standard InChI is InChI=1S/C27H26F3N3O3/c1-16-24(31-17(2)34)22-15-21(36-3)13-14-23(22)33(25(16)18-7-5-4-6-8-18)26(35)32-20-11-9-19(10-12-20)27(28,29)30/h4-16,24-25H,1-3H3,(H,31,34)(H,32,35)/t16-,24-,25-/m0/s1. The van der Waals surface area contributed by atoms with Crippen LogP contribution in [0.15, 0.2) is 72.8 Å². The number of methoxy groups -OCH3 is 1. The van der Waals surface area contributed by atoms with Crippen molar-refractivity contribution in [3.05, 3.63) is 89.5 Å². The summed E-state index contributed by atoms with van der Waals surface area (Å²) in [5.74, 6) is 0.0990. The average molecular weight is 498 g/mol. The number of alkyl halides is 3. The lowest BCUT2D eigenvalue weighted by molar-refractivity contribution is -0.137. The largest absolute Gasteiger partial charge is 0.497 e. The molecule has 3 aromatic rings. The summed E-state index contributed by atoms with van der Waals surface area (Å²) >= 11 is 0. The predicted molar refractivity (Wildman–Crippen MR) is 131 cm³/mol. The van der Waals surface area contributed by atoms with E-state index in [0.717, 1.165) is 17.7 Å². The van der Waals surface area contributed by atoms with Crippen molar-refractivity contribution >= 4 is 23.3 Å². The highest BCUT2D eigenvalue weighted by molar-refractivity contribution is 6.03. The second kappa shape index (κ2) is 9.93. The number of ether oxygens (including phenoxy) is 1. The van der Waals surface area contributed by atoms with E-state index in [9.17, 15) is 22.8 Å². The highest BCUT2D eigenvalue weighted by Gasteiger charge is 2.43. The van der Waals surface area contributed by atoms with Crippen molar-refractivity contribution < 1.29 is 27.5 Å². The van der Waals surface area contributed by atoms with E-state index in [-0.39, 0.29) is 17.5 Å². The number of carbonyl (C=O) groups is 2. The Labute approximate surface area is 207 Å². The van der Waals surface area contributed by atoms with E-state index in [1.165, 1.54) is 26.2 Å². The zero-order valence-corrected chi connectivity index (χ0v) is 20.0. The molecule has 0 saturated heterocycles. The van der Waals surface area contributed by atoms with Crippen LogP contribution in [0.1, 0.15) is 42.6 Å². The predicted octanol–water partition coefficient (Wildman–Crippen LogP) is 6.32. The molecule has 0 aliphatic carbocycles. The number of nitrogens with one attached hydrogen (secondary N) is 2. The molecule has 1 aliphatic rings. The van der Waals surface area contributed by atoms with Gasteiger partial charge in [0.15, 0.2) is 0 Å². The Hall–Kier alpha value is -4.01. The molecular formula is C27H26F3N3O3. The molecule has 9 heteroatoms. The number of nitrogens with zero attached hydrogens (tertiary/aromatic N) is 1. The third-order valence-corrected chi connectivity index (χ3v) is 6.31. The van der Waals surface area contributed by atoms with Gasteiger partial charge in [0.05, 0.1) is 30.4 Å². The molecule has 0 aromatic heterocycles. The maximum absolute atomic E-state index is 13.7. The molecule has 4 rings (SSSR count).